The molecule has 1 aromatic carbocycles. The van der Waals surface area contributed by atoms with Gasteiger partial charge < -0.3 is 19.5 Å². The highest BCUT2D eigenvalue weighted by Gasteiger charge is 2.18. The van der Waals surface area contributed by atoms with Crippen LogP contribution in [0.15, 0.2) is 24.5 Å². The normalized spacial score (nSPS) is 14.3. The van der Waals surface area contributed by atoms with Crippen LogP contribution in [0.25, 0.3) is 0 Å². The summed E-state index contributed by atoms with van der Waals surface area (Å²) in [6.45, 7) is 5.25. The van der Waals surface area contributed by atoms with Crippen molar-refractivity contribution in [3.8, 4) is 11.5 Å². The van der Waals surface area contributed by atoms with Crippen LogP contribution in [-0.4, -0.2) is 58.1 Å². The second kappa shape index (κ2) is 10.1. The fourth-order valence-corrected chi connectivity index (χ4v) is 3.51. The van der Waals surface area contributed by atoms with E-state index < -0.39 is 11.6 Å². The molecule has 3 heterocycles. The lowest BCUT2D eigenvalue weighted by Gasteiger charge is -2.26. The predicted octanol–water partition coefficient (Wildman–Crippen LogP) is 2.96. The molecule has 2 aromatic heterocycles. The van der Waals surface area contributed by atoms with E-state index in [-0.39, 0.29) is 29.2 Å². The van der Waals surface area contributed by atoms with Crippen molar-refractivity contribution < 1.29 is 23.0 Å². The number of nitrogens with one attached hydrogen (secondary N) is 1. The maximum atomic E-state index is 14.4. The highest BCUT2D eigenvalue weighted by Crippen LogP contribution is 2.27. The Hall–Kier alpha value is -3.31. The van der Waals surface area contributed by atoms with Crippen LogP contribution < -0.4 is 14.8 Å². The number of rotatable bonds is 8. The van der Waals surface area contributed by atoms with Crippen molar-refractivity contribution in [3.63, 3.8) is 0 Å². The molecule has 1 aliphatic heterocycles. The molecule has 0 amide bonds. The minimum atomic E-state index is -0.789. The fourth-order valence-electron chi connectivity index (χ4n) is 3.51. The van der Waals surface area contributed by atoms with Gasteiger partial charge in [-0.2, -0.15) is 5.10 Å². The highest BCUT2D eigenvalue weighted by molar-refractivity contribution is 5.48. The lowest BCUT2D eigenvalue weighted by Crippen LogP contribution is -2.36. The van der Waals surface area contributed by atoms with E-state index in [1.54, 1.807) is 0 Å². The second-order valence-electron chi connectivity index (χ2n) is 7.69. The SMILES string of the molecule is COc1cc(C)c(F)c(COc2cnc(Nc3cc(CN4CCOCC4)n(C)n3)nc2)c1F. The topological polar surface area (TPSA) is 86.6 Å². The minimum absolute atomic E-state index is 0.0355. The number of anilines is 2. The minimum Gasteiger partial charge on any atom is -0.494 e. The summed E-state index contributed by atoms with van der Waals surface area (Å²) in [6, 6.07) is 3.25. The Morgan fingerprint density at radius 3 is 2.55 bits per heavy atom. The number of benzene rings is 1. The van der Waals surface area contributed by atoms with Crippen LogP contribution >= 0.6 is 0 Å². The monoisotopic (exact) mass is 460 g/mol. The van der Waals surface area contributed by atoms with Crippen LogP contribution in [-0.2, 0) is 24.9 Å². The first kappa shape index (κ1) is 22.9. The number of hydrogen-bond donors (Lipinski definition) is 1. The first-order chi connectivity index (χ1) is 15.9. The van der Waals surface area contributed by atoms with Crippen molar-refractivity contribution in [1.82, 2.24) is 24.6 Å². The summed E-state index contributed by atoms with van der Waals surface area (Å²) >= 11 is 0. The smallest absolute Gasteiger partial charge is 0.228 e. The third kappa shape index (κ3) is 5.37. The van der Waals surface area contributed by atoms with Crippen LogP contribution in [0.1, 0.15) is 16.8 Å². The molecule has 1 N–H and O–H groups in total. The quantitative estimate of drug-likeness (QED) is 0.549. The number of nitrogens with zero attached hydrogens (tertiary/aromatic N) is 5. The molecule has 4 rings (SSSR count). The van der Waals surface area contributed by atoms with Crippen molar-refractivity contribution >= 4 is 11.8 Å². The van der Waals surface area contributed by atoms with E-state index >= 15 is 0 Å². The molecular formula is C22H26F2N6O3. The standard InChI is InChI=1S/C22H26F2N6O3/c1-14-8-18(31-3)21(24)17(20(14)23)13-33-16-10-25-22(26-11-16)27-19-9-15(29(2)28-19)12-30-4-6-32-7-5-30/h8-11H,4-7,12-13H2,1-3H3,(H,25,26,27,28). The van der Waals surface area contributed by atoms with Gasteiger partial charge in [-0.3, -0.25) is 9.58 Å². The van der Waals surface area contributed by atoms with Gasteiger partial charge in [0.15, 0.2) is 23.1 Å². The molecule has 0 spiro atoms. The van der Waals surface area contributed by atoms with Crippen LogP contribution in [0.3, 0.4) is 0 Å². The maximum Gasteiger partial charge on any atom is 0.228 e. The first-order valence-electron chi connectivity index (χ1n) is 10.5. The van der Waals surface area contributed by atoms with Crippen LogP contribution in [0.4, 0.5) is 20.5 Å². The van der Waals surface area contributed by atoms with E-state index in [1.165, 1.54) is 32.5 Å². The molecule has 0 atom stereocenters. The summed E-state index contributed by atoms with van der Waals surface area (Å²) < 4.78 is 46.4. The molecule has 0 bridgehead atoms. The van der Waals surface area contributed by atoms with E-state index in [2.05, 4.69) is 25.3 Å². The number of morpholine rings is 1. The van der Waals surface area contributed by atoms with Gasteiger partial charge in [-0.15, -0.1) is 0 Å². The number of ether oxygens (including phenoxy) is 3. The molecule has 33 heavy (non-hydrogen) atoms. The van der Waals surface area contributed by atoms with E-state index in [0.717, 1.165) is 38.5 Å². The van der Waals surface area contributed by atoms with Crippen molar-refractivity contribution in [1.29, 1.82) is 0 Å². The lowest BCUT2D eigenvalue weighted by atomic mass is 10.1. The Bertz CT molecular complexity index is 1100. The summed E-state index contributed by atoms with van der Waals surface area (Å²) in [5.41, 5.74) is 1.11. The Balaban J connectivity index is 1.37. The zero-order valence-corrected chi connectivity index (χ0v) is 18.8. The Morgan fingerprint density at radius 1 is 1.12 bits per heavy atom. The molecule has 3 aromatic rings. The number of methoxy groups -OCH3 is 1. The third-order valence-corrected chi connectivity index (χ3v) is 5.38. The summed E-state index contributed by atoms with van der Waals surface area (Å²) in [7, 11) is 3.21. The summed E-state index contributed by atoms with van der Waals surface area (Å²) in [5, 5.41) is 7.51. The van der Waals surface area contributed by atoms with E-state index in [1.807, 2.05) is 17.8 Å². The number of halogens is 2. The average molecular weight is 460 g/mol. The molecule has 176 valence electrons. The summed E-state index contributed by atoms with van der Waals surface area (Å²) in [4.78, 5) is 10.7. The molecule has 9 nitrogen and oxygen atoms in total. The number of aryl methyl sites for hydroxylation is 2. The van der Waals surface area contributed by atoms with Crippen LogP contribution in [0, 0.1) is 18.6 Å². The highest BCUT2D eigenvalue weighted by atomic mass is 19.1. The van der Waals surface area contributed by atoms with Crippen LogP contribution in [0.5, 0.6) is 11.5 Å². The molecule has 1 aliphatic rings. The first-order valence-corrected chi connectivity index (χ1v) is 10.5. The van der Waals surface area contributed by atoms with Gasteiger partial charge in [-0.25, -0.2) is 18.7 Å². The third-order valence-electron chi connectivity index (χ3n) is 5.38. The molecule has 1 saturated heterocycles. The van der Waals surface area contributed by atoms with Crippen molar-refractivity contribution in [3.05, 3.63) is 53.0 Å². The summed E-state index contributed by atoms with van der Waals surface area (Å²) in [5.74, 6) is -0.280. The van der Waals surface area contributed by atoms with Gasteiger partial charge in [0.25, 0.3) is 0 Å². The van der Waals surface area contributed by atoms with Crippen LogP contribution in [0.2, 0.25) is 0 Å². The van der Waals surface area contributed by atoms with Crippen molar-refractivity contribution in [2.24, 2.45) is 7.05 Å². The number of aromatic nitrogens is 4. The fraction of sp³-hybridized carbons (Fsp3) is 0.409. The molecular weight excluding hydrogens is 434 g/mol. The second-order valence-corrected chi connectivity index (χ2v) is 7.69. The zero-order chi connectivity index (χ0) is 23.4. The Morgan fingerprint density at radius 2 is 1.85 bits per heavy atom. The van der Waals surface area contributed by atoms with Crippen molar-refractivity contribution in [2.45, 2.75) is 20.1 Å². The molecule has 0 aliphatic carbocycles. The van der Waals surface area contributed by atoms with Gasteiger partial charge in [-0.05, 0) is 18.6 Å². The van der Waals surface area contributed by atoms with Gasteiger partial charge in [0.2, 0.25) is 5.95 Å². The van der Waals surface area contributed by atoms with Gasteiger partial charge in [0, 0.05) is 32.7 Å². The molecule has 11 heteroatoms. The average Bonchev–Trinajstić information content (AvgIpc) is 3.16. The molecule has 0 radical (unpaired) electrons. The Kier molecular flexibility index (Phi) is 6.99. The van der Waals surface area contributed by atoms with Gasteiger partial charge in [0.05, 0.1) is 44.0 Å². The van der Waals surface area contributed by atoms with Gasteiger partial charge in [0.1, 0.15) is 12.4 Å². The van der Waals surface area contributed by atoms with Crippen molar-refractivity contribution in [2.75, 3.05) is 38.7 Å². The molecule has 0 saturated carbocycles. The predicted molar refractivity (Wildman–Crippen MR) is 117 cm³/mol. The largest absolute Gasteiger partial charge is 0.494 e. The van der Waals surface area contributed by atoms with E-state index in [9.17, 15) is 8.78 Å². The number of hydrogen-bond acceptors (Lipinski definition) is 8. The maximum absolute atomic E-state index is 14.4. The van der Waals surface area contributed by atoms with Gasteiger partial charge in [-0.1, -0.05) is 0 Å². The zero-order valence-electron chi connectivity index (χ0n) is 18.8. The Labute approximate surface area is 190 Å². The van der Waals surface area contributed by atoms with Gasteiger partial charge >= 0.3 is 0 Å². The molecule has 1 fully saturated rings. The molecule has 0 unspecified atom stereocenters. The van der Waals surface area contributed by atoms with E-state index in [0.29, 0.717) is 11.8 Å². The lowest BCUT2D eigenvalue weighted by molar-refractivity contribution is 0.0331. The van der Waals surface area contributed by atoms with E-state index in [4.69, 9.17) is 14.2 Å². The summed E-state index contributed by atoms with van der Waals surface area (Å²) in [6.07, 6.45) is 2.85.